The zero-order valence-electron chi connectivity index (χ0n) is 16.1. The molecule has 0 aliphatic carbocycles. The van der Waals surface area contributed by atoms with Crippen LogP contribution in [0.1, 0.15) is 17.0 Å². The van der Waals surface area contributed by atoms with Crippen molar-refractivity contribution in [2.75, 3.05) is 4.72 Å². The van der Waals surface area contributed by atoms with E-state index in [1.807, 2.05) is 48.0 Å². The predicted octanol–water partition coefficient (Wildman–Crippen LogP) is 3.46. The second-order valence-electron chi connectivity index (χ2n) is 6.91. The van der Waals surface area contributed by atoms with Crippen molar-refractivity contribution >= 4 is 21.4 Å². The van der Waals surface area contributed by atoms with E-state index in [9.17, 15) is 8.42 Å². The van der Waals surface area contributed by atoms with Crippen LogP contribution in [0.25, 0.3) is 16.9 Å². The van der Waals surface area contributed by atoms with Crippen LogP contribution in [0, 0.1) is 20.8 Å². The van der Waals surface area contributed by atoms with E-state index in [1.165, 1.54) is 0 Å². The minimum absolute atomic E-state index is 0.212. The molecule has 4 rings (SSSR count). The van der Waals surface area contributed by atoms with Crippen molar-refractivity contribution in [2.45, 2.75) is 25.7 Å². The van der Waals surface area contributed by atoms with Gasteiger partial charge in [0.25, 0.3) is 10.0 Å². The number of rotatable bonds is 4. The van der Waals surface area contributed by atoms with E-state index in [4.69, 9.17) is 0 Å². The Morgan fingerprint density at radius 1 is 1.07 bits per heavy atom. The number of nitrogens with zero attached hydrogens (tertiary/aromatic N) is 4. The minimum Gasteiger partial charge on any atom is -0.306 e. The molecule has 3 aromatic heterocycles. The monoisotopic (exact) mass is 395 g/mol. The molecule has 0 aliphatic rings. The smallest absolute Gasteiger partial charge is 0.265 e. The average Bonchev–Trinajstić information content (AvgIpc) is 3.15. The Morgan fingerprint density at radius 3 is 2.57 bits per heavy atom. The van der Waals surface area contributed by atoms with Crippen LogP contribution in [0.3, 0.4) is 0 Å². The lowest BCUT2D eigenvalue weighted by Gasteiger charge is -2.09. The summed E-state index contributed by atoms with van der Waals surface area (Å²) in [6.07, 6.45) is 3.89. The predicted molar refractivity (Wildman–Crippen MR) is 109 cm³/mol. The zero-order valence-corrected chi connectivity index (χ0v) is 16.9. The molecular formula is C20H21N5O2S. The van der Waals surface area contributed by atoms with Crippen molar-refractivity contribution in [2.24, 2.45) is 7.05 Å². The van der Waals surface area contributed by atoms with Crippen LogP contribution < -0.4 is 4.72 Å². The highest BCUT2D eigenvalue weighted by atomic mass is 32.2. The molecule has 0 aliphatic heterocycles. The number of aryl methyl sites for hydroxylation is 3. The van der Waals surface area contributed by atoms with Gasteiger partial charge in [0.1, 0.15) is 10.5 Å². The van der Waals surface area contributed by atoms with Gasteiger partial charge in [-0.3, -0.25) is 9.40 Å². The van der Waals surface area contributed by atoms with E-state index in [2.05, 4.69) is 14.8 Å². The third-order valence-corrected chi connectivity index (χ3v) is 6.37. The maximum atomic E-state index is 12.9. The van der Waals surface area contributed by atoms with Gasteiger partial charge in [0, 0.05) is 30.7 Å². The second-order valence-corrected chi connectivity index (χ2v) is 8.52. The number of nitrogens with one attached hydrogen (secondary N) is 1. The summed E-state index contributed by atoms with van der Waals surface area (Å²) in [6.45, 7) is 5.45. The molecule has 3 heterocycles. The van der Waals surface area contributed by atoms with E-state index in [0.29, 0.717) is 17.1 Å². The Labute approximate surface area is 163 Å². The summed E-state index contributed by atoms with van der Waals surface area (Å²) in [4.78, 5) is 4.86. The third-order valence-electron chi connectivity index (χ3n) is 4.74. The van der Waals surface area contributed by atoms with Crippen LogP contribution in [0.15, 0.2) is 53.7 Å². The Balaban J connectivity index is 1.70. The van der Waals surface area contributed by atoms with Crippen LogP contribution in [0.2, 0.25) is 0 Å². The first kappa shape index (κ1) is 18.2. The highest BCUT2D eigenvalue weighted by molar-refractivity contribution is 7.92. The number of imidazole rings is 1. The largest absolute Gasteiger partial charge is 0.306 e. The minimum atomic E-state index is -3.74. The van der Waals surface area contributed by atoms with Gasteiger partial charge in [0.05, 0.1) is 17.1 Å². The molecule has 0 saturated heterocycles. The molecule has 4 aromatic rings. The van der Waals surface area contributed by atoms with Crippen molar-refractivity contribution in [3.05, 3.63) is 65.7 Å². The number of benzene rings is 1. The Kier molecular flexibility index (Phi) is 4.23. The van der Waals surface area contributed by atoms with Gasteiger partial charge in [-0.1, -0.05) is 12.1 Å². The maximum absolute atomic E-state index is 12.9. The molecule has 0 fully saturated rings. The van der Waals surface area contributed by atoms with E-state index in [1.54, 1.807) is 37.7 Å². The number of fused-ring (bicyclic) bond motifs is 1. The first-order valence-corrected chi connectivity index (χ1v) is 10.3. The molecule has 0 spiro atoms. The second kappa shape index (κ2) is 6.49. The molecule has 7 nitrogen and oxygen atoms in total. The zero-order chi connectivity index (χ0) is 20.1. The number of sulfonamides is 1. The molecule has 0 unspecified atom stereocenters. The summed E-state index contributed by atoms with van der Waals surface area (Å²) >= 11 is 0. The molecule has 0 bridgehead atoms. The molecule has 1 N–H and O–H groups in total. The summed E-state index contributed by atoms with van der Waals surface area (Å²) in [7, 11) is -2.01. The fourth-order valence-electron chi connectivity index (χ4n) is 3.31. The SMILES string of the molecule is Cc1ccn2cc(-c3cccc(NS(=O)(=O)c4c(C)nn(C)c4C)c3)nc2c1. The van der Waals surface area contributed by atoms with Crippen LogP contribution in [0.5, 0.6) is 0 Å². The van der Waals surface area contributed by atoms with Crippen LogP contribution in [-0.2, 0) is 17.1 Å². The average molecular weight is 395 g/mol. The number of hydrogen-bond donors (Lipinski definition) is 1. The molecule has 0 radical (unpaired) electrons. The van der Waals surface area contributed by atoms with E-state index >= 15 is 0 Å². The van der Waals surface area contributed by atoms with Crippen molar-refractivity contribution < 1.29 is 8.42 Å². The first-order valence-electron chi connectivity index (χ1n) is 8.83. The van der Waals surface area contributed by atoms with Gasteiger partial charge >= 0.3 is 0 Å². The number of aromatic nitrogens is 4. The summed E-state index contributed by atoms with van der Waals surface area (Å²) < 4.78 is 32.0. The van der Waals surface area contributed by atoms with Gasteiger partial charge in [-0.25, -0.2) is 13.4 Å². The quantitative estimate of drug-likeness (QED) is 0.574. The van der Waals surface area contributed by atoms with Crippen LogP contribution in [0.4, 0.5) is 5.69 Å². The topological polar surface area (TPSA) is 81.3 Å². The normalized spacial score (nSPS) is 11.9. The van der Waals surface area contributed by atoms with Crippen molar-refractivity contribution in [3.63, 3.8) is 0 Å². The van der Waals surface area contributed by atoms with Gasteiger partial charge in [0.2, 0.25) is 0 Å². The molecule has 0 atom stereocenters. The van der Waals surface area contributed by atoms with E-state index in [-0.39, 0.29) is 4.90 Å². The van der Waals surface area contributed by atoms with Crippen molar-refractivity contribution in [1.82, 2.24) is 19.2 Å². The molecule has 0 saturated carbocycles. The summed E-state index contributed by atoms with van der Waals surface area (Å²) in [5.74, 6) is 0. The Bertz CT molecular complexity index is 1300. The number of hydrogen-bond acceptors (Lipinski definition) is 4. The van der Waals surface area contributed by atoms with Crippen LogP contribution >= 0.6 is 0 Å². The van der Waals surface area contributed by atoms with E-state index in [0.717, 1.165) is 22.5 Å². The van der Waals surface area contributed by atoms with Gasteiger partial charge in [0.15, 0.2) is 0 Å². The Hall–Kier alpha value is -3.13. The van der Waals surface area contributed by atoms with Gasteiger partial charge < -0.3 is 4.40 Å². The molecule has 144 valence electrons. The molecule has 28 heavy (non-hydrogen) atoms. The summed E-state index contributed by atoms with van der Waals surface area (Å²) in [6, 6.07) is 11.2. The number of anilines is 1. The highest BCUT2D eigenvalue weighted by Crippen LogP contribution is 2.26. The fourth-order valence-corrected chi connectivity index (χ4v) is 4.80. The van der Waals surface area contributed by atoms with E-state index < -0.39 is 10.0 Å². The lowest BCUT2D eigenvalue weighted by Crippen LogP contribution is -2.15. The van der Waals surface area contributed by atoms with Gasteiger partial charge in [-0.05, 0) is 50.6 Å². The number of pyridine rings is 1. The molecule has 1 aromatic carbocycles. The molecular weight excluding hydrogens is 374 g/mol. The van der Waals surface area contributed by atoms with Crippen molar-refractivity contribution in [3.8, 4) is 11.3 Å². The van der Waals surface area contributed by atoms with Crippen molar-refractivity contribution in [1.29, 1.82) is 0 Å². The van der Waals surface area contributed by atoms with Gasteiger partial charge in [-0.15, -0.1) is 0 Å². The standard InChI is InChI=1S/C20H21N5O2S/c1-13-8-9-25-12-18(21-19(25)10-13)16-6-5-7-17(11-16)23-28(26,27)20-14(2)22-24(4)15(20)3/h5-12,23H,1-4H3. The summed E-state index contributed by atoms with van der Waals surface area (Å²) in [5, 5.41) is 4.20. The Morgan fingerprint density at radius 2 is 1.86 bits per heavy atom. The molecule has 8 heteroatoms. The lowest BCUT2D eigenvalue weighted by molar-refractivity contribution is 0.599. The summed E-state index contributed by atoms with van der Waals surface area (Å²) in [5.41, 5.74) is 5.14. The third kappa shape index (κ3) is 3.16. The highest BCUT2D eigenvalue weighted by Gasteiger charge is 2.24. The first-order chi connectivity index (χ1) is 13.2. The lowest BCUT2D eigenvalue weighted by atomic mass is 10.1. The fraction of sp³-hybridized carbons (Fsp3) is 0.200. The molecule has 0 amide bonds. The van der Waals surface area contributed by atoms with Gasteiger partial charge in [-0.2, -0.15) is 5.10 Å². The van der Waals surface area contributed by atoms with Crippen LogP contribution in [-0.4, -0.2) is 27.6 Å². The maximum Gasteiger partial charge on any atom is 0.265 e.